The third-order valence-corrected chi connectivity index (χ3v) is 3.70. The van der Waals surface area contributed by atoms with Crippen LogP contribution in [0.4, 0.5) is 5.69 Å². The summed E-state index contributed by atoms with van der Waals surface area (Å²) in [7, 11) is 2.81. The van der Waals surface area contributed by atoms with Crippen molar-refractivity contribution in [3.63, 3.8) is 0 Å². The van der Waals surface area contributed by atoms with Gasteiger partial charge in [0.25, 0.3) is 11.8 Å². The Morgan fingerprint density at radius 2 is 1.92 bits per heavy atom. The molecule has 1 atom stereocenters. The van der Waals surface area contributed by atoms with Crippen molar-refractivity contribution in [1.82, 2.24) is 9.96 Å². The fourth-order valence-corrected chi connectivity index (χ4v) is 2.44. The molecule has 24 heavy (non-hydrogen) atoms. The molecule has 1 heterocycles. The minimum Gasteiger partial charge on any atom is -0.338 e. The van der Waals surface area contributed by atoms with Crippen LogP contribution in [0.3, 0.4) is 0 Å². The van der Waals surface area contributed by atoms with Crippen molar-refractivity contribution in [2.75, 3.05) is 26.0 Å². The van der Waals surface area contributed by atoms with Crippen molar-refractivity contribution in [1.29, 1.82) is 0 Å². The average Bonchev–Trinajstić information content (AvgIpc) is 2.80. The van der Waals surface area contributed by atoms with Crippen LogP contribution in [0.5, 0.6) is 0 Å². The van der Waals surface area contributed by atoms with Gasteiger partial charge in [0.2, 0.25) is 11.7 Å². The summed E-state index contributed by atoms with van der Waals surface area (Å²) >= 11 is 0. The summed E-state index contributed by atoms with van der Waals surface area (Å²) < 4.78 is 0. The Labute approximate surface area is 139 Å². The van der Waals surface area contributed by atoms with Crippen LogP contribution in [0.2, 0.25) is 0 Å². The zero-order chi connectivity index (χ0) is 17.9. The van der Waals surface area contributed by atoms with Crippen LogP contribution >= 0.6 is 0 Å². The Hall–Kier alpha value is -2.74. The standard InChI is InChI=1S/C16H19N3O5/c1-10(20)17-12-6-4-11(5-7-12)8-19(24-3)15(22)13-9-18(2)16(23)14(13)21/h4-7,13H,8-9H2,1-3H3,(H,17,20). The predicted molar refractivity (Wildman–Crippen MR) is 84.4 cm³/mol. The number of carbonyl (C=O) groups excluding carboxylic acids is 4. The van der Waals surface area contributed by atoms with Crippen LogP contribution in [0.1, 0.15) is 12.5 Å². The number of likely N-dealkylation sites (tertiary alicyclic amines) is 1. The largest absolute Gasteiger partial charge is 0.338 e. The summed E-state index contributed by atoms with van der Waals surface area (Å²) in [5.74, 6) is -3.15. The number of rotatable bonds is 5. The van der Waals surface area contributed by atoms with Crippen molar-refractivity contribution in [2.24, 2.45) is 5.92 Å². The van der Waals surface area contributed by atoms with Crippen molar-refractivity contribution < 1.29 is 24.0 Å². The summed E-state index contributed by atoms with van der Waals surface area (Å²) in [4.78, 5) is 53.1. The van der Waals surface area contributed by atoms with Crippen LogP contribution in [0, 0.1) is 5.92 Å². The molecule has 8 heteroatoms. The van der Waals surface area contributed by atoms with E-state index in [-0.39, 0.29) is 19.0 Å². The van der Waals surface area contributed by atoms with E-state index in [0.717, 1.165) is 10.6 Å². The number of benzene rings is 1. The molecule has 3 amide bonds. The fourth-order valence-electron chi connectivity index (χ4n) is 2.44. The molecule has 0 radical (unpaired) electrons. The summed E-state index contributed by atoms with van der Waals surface area (Å²) in [6, 6.07) is 6.87. The number of ketones is 1. The zero-order valence-corrected chi connectivity index (χ0v) is 13.7. The first-order chi connectivity index (χ1) is 11.3. The molecule has 1 unspecified atom stereocenters. The van der Waals surface area contributed by atoms with Crippen LogP contribution in [0.25, 0.3) is 0 Å². The number of carbonyl (C=O) groups is 4. The lowest BCUT2D eigenvalue weighted by molar-refractivity contribution is -0.183. The van der Waals surface area contributed by atoms with E-state index in [2.05, 4.69) is 5.32 Å². The van der Waals surface area contributed by atoms with Gasteiger partial charge in [-0.25, -0.2) is 5.06 Å². The molecule has 1 aliphatic heterocycles. The highest BCUT2D eigenvalue weighted by Crippen LogP contribution is 2.18. The van der Waals surface area contributed by atoms with Gasteiger partial charge in [-0.15, -0.1) is 0 Å². The van der Waals surface area contributed by atoms with E-state index in [4.69, 9.17) is 4.84 Å². The molecule has 1 fully saturated rings. The molecule has 2 rings (SSSR count). The third kappa shape index (κ3) is 3.77. The third-order valence-electron chi connectivity index (χ3n) is 3.70. The summed E-state index contributed by atoms with van der Waals surface area (Å²) in [6.45, 7) is 1.59. The van der Waals surface area contributed by atoms with Gasteiger partial charge in [-0.3, -0.25) is 24.0 Å². The SMILES string of the molecule is CON(Cc1ccc(NC(C)=O)cc1)C(=O)C1CN(C)C(=O)C1=O. The number of Topliss-reactive ketones (excluding diaryl/α,β-unsaturated/α-hetero) is 1. The number of anilines is 1. The second-order valence-electron chi connectivity index (χ2n) is 5.54. The maximum absolute atomic E-state index is 12.4. The van der Waals surface area contributed by atoms with E-state index >= 15 is 0 Å². The highest BCUT2D eigenvalue weighted by Gasteiger charge is 2.43. The number of hydrogen-bond donors (Lipinski definition) is 1. The highest BCUT2D eigenvalue weighted by atomic mass is 16.7. The van der Waals surface area contributed by atoms with Crippen molar-refractivity contribution >= 4 is 29.2 Å². The van der Waals surface area contributed by atoms with Gasteiger partial charge in [-0.2, -0.15) is 0 Å². The Morgan fingerprint density at radius 3 is 2.38 bits per heavy atom. The Kier molecular flexibility index (Phi) is 5.30. The Morgan fingerprint density at radius 1 is 1.29 bits per heavy atom. The quantitative estimate of drug-likeness (QED) is 0.471. The highest BCUT2D eigenvalue weighted by molar-refractivity contribution is 6.42. The molecular formula is C16H19N3O5. The summed E-state index contributed by atoms with van der Waals surface area (Å²) in [5, 5.41) is 3.70. The van der Waals surface area contributed by atoms with Crippen LogP contribution in [-0.4, -0.2) is 54.2 Å². The van der Waals surface area contributed by atoms with Crippen LogP contribution in [0.15, 0.2) is 24.3 Å². The number of likely N-dealkylation sites (N-methyl/N-ethyl adjacent to an activating group) is 1. The first kappa shape index (κ1) is 17.6. The number of hydroxylamine groups is 2. The molecule has 1 aliphatic rings. The first-order valence-corrected chi connectivity index (χ1v) is 7.34. The summed E-state index contributed by atoms with van der Waals surface area (Å²) in [5.41, 5.74) is 1.39. The lowest BCUT2D eigenvalue weighted by Gasteiger charge is -2.22. The Balaban J connectivity index is 2.06. The van der Waals surface area contributed by atoms with Crippen molar-refractivity contribution in [3.8, 4) is 0 Å². The molecule has 1 saturated heterocycles. The second-order valence-corrected chi connectivity index (χ2v) is 5.54. The van der Waals surface area contributed by atoms with Gasteiger partial charge in [0, 0.05) is 26.2 Å². The minimum absolute atomic E-state index is 0.0534. The van der Waals surface area contributed by atoms with Crippen LogP contribution in [-0.2, 0) is 30.6 Å². The molecule has 128 valence electrons. The molecule has 1 aromatic carbocycles. The molecule has 0 spiro atoms. The molecule has 0 aliphatic carbocycles. The normalized spacial score (nSPS) is 17.1. The lowest BCUT2D eigenvalue weighted by atomic mass is 10.1. The second kappa shape index (κ2) is 7.22. The monoisotopic (exact) mass is 333 g/mol. The minimum atomic E-state index is -1.04. The van der Waals surface area contributed by atoms with E-state index < -0.39 is 23.5 Å². The molecular weight excluding hydrogens is 314 g/mol. The number of hydrogen-bond acceptors (Lipinski definition) is 5. The van der Waals surface area contributed by atoms with Crippen molar-refractivity contribution in [2.45, 2.75) is 13.5 Å². The number of nitrogens with zero attached hydrogens (tertiary/aromatic N) is 2. The summed E-state index contributed by atoms with van der Waals surface area (Å²) in [6.07, 6.45) is 0. The van der Waals surface area contributed by atoms with Gasteiger partial charge in [0.15, 0.2) is 0 Å². The first-order valence-electron chi connectivity index (χ1n) is 7.34. The number of amides is 3. The van der Waals surface area contributed by atoms with E-state index in [1.807, 2.05) is 0 Å². The van der Waals surface area contributed by atoms with Gasteiger partial charge in [0.05, 0.1) is 13.7 Å². The topological polar surface area (TPSA) is 96.0 Å². The fraction of sp³-hybridized carbons (Fsp3) is 0.375. The van der Waals surface area contributed by atoms with Gasteiger partial charge in [-0.1, -0.05) is 12.1 Å². The van der Waals surface area contributed by atoms with Gasteiger partial charge in [-0.05, 0) is 17.7 Å². The van der Waals surface area contributed by atoms with E-state index in [1.54, 1.807) is 24.3 Å². The molecule has 1 aromatic rings. The van der Waals surface area contributed by atoms with Gasteiger partial charge in [0.1, 0.15) is 5.92 Å². The smallest absolute Gasteiger partial charge is 0.290 e. The molecule has 1 N–H and O–H groups in total. The maximum atomic E-state index is 12.4. The van der Waals surface area contributed by atoms with E-state index in [0.29, 0.717) is 5.69 Å². The predicted octanol–water partition coefficient (Wildman–Crippen LogP) is 0.192. The van der Waals surface area contributed by atoms with E-state index in [1.165, 1.54) is 26.0 Å². The van der Waals surface area contributed by atoms with Gasteiger partial charge < -0.3 is 10.2 Å². The van der Waals surface area contributed by atoms with Gasteiger partial charge >= 0.3 is 0 Å². The van der Waals surface area contributed by atoms with Crippen LogP contribution < -0.4 is 5.32 Å². The van der Waals surface area contributed by atoms with E-state index in [9.17, 15) is 19.2 Å². The molecule has 0 saturated carbocycles. The zero-order valence-electron chi connectivity index (χ0n) is 13.7. The molecule has 8 nitrogen and oxygen atoms in total. The number of nitrogens with one attached hydrogen (secondary N) is 1. The molecule has 0 bridgehead atoms. The average molecular weight is 333 g/mol. The Bertz CT molecular complexity index is 671. The molecule has 0 aromatic heterocycles. The lowest BCUT2D eigenvalue weighted by Crippen LogP contribution is -2.38. The van der Waals surface area contributed by atoms with Crippen molar-refractivity contribution in [3.05, 3.63) is 29.8 Å². The maximum Gasteiger partial charge on any atom is 0.290 e.